The fourth-order valence-corrected chi connectivity index (χ4v) is 3.30. The largest absolute Gasteiger partial charge is 0.383 e. The third-order valence-corrected chi connectivity index (χ3v) is 4.27. The molecule has 0 heterocycles. The van der Waals surface area contributed by atoms with E-state index in [1.807, 2.05) is 7.05 Å². The first-order chi connectivity index (χ1) is 7.65. The number of nitrogens with zero attached hydrogens (tertiary/aromatic N) is 1. The van der Waals surface area contributed by atoms with Crippen LogP contribution in [0.15, 0.2) is 0 Å². The summed E-state index contributed by atoms with van der Waals surface area (Å²) < 4.78 is 4.99. The SMILES string of the molecule is COCCN(C)C(=O)C1C2CCC(C2)C1N. The van der Waals surface area contributed by atoms with Crippen LogP contribution in [0.1, 0.15) is 19.3 Å². The van der Waals surface area contributed by atoms with E-state index in [0.717, 1.165) is 6.42 Å². The van der Waals surface area contributed by atoms with Crippen LogP contribution in [0.25, 0.3) is 0 Å². The van der Waals surface area contributed by atoms with Gasteiger partial charge in [-0.15, -0.1) is 0 Å². The van der Waals surface area contributed by atoms with Crippen molar-refractivity contribution in [3.63, 3.8) is 0 Å². The van der Waals surface area contributed by atoms with Crippen LogP contribution in [-0.4, -0.2) is 44.2 Å². The summed E-state index contributed by atoms with van der Waals surface area (Å²) in [5.41, 5.74) is 6.15. The van der Waals surface area contributed by atoms with Gasteiger partial charge in [-0.3, -0.25) is 4.79 Å². The van der Waals surface area contributed by atoms with Gasteiger partial charge in [-0.2, -0.15) is 0 Å². The zero-order chi connectivity index (χ0) is 11.7. The summed E-state index contributed by atoms with van der Waals surface area (Å²) in [4.78, 5) is 14.0. The molecule has 4 nitrogen and oxygen atoms in total. The highest BCUT2D eigenvalue weighted by atomic mass is 16.5. The zero-order valence-corrected chi connectivity index (χ0v) is 10.2. The van der Waals surface area contributed by atoms with Crippen LogP contribution in [-0.2, 0) is 9.53 Å². The van der Waals surface area contributed by atoms with Gasteiger partial charge in [-0.25, -0.2) is 0 Å². The van der Waals surface area contributed by atoms with Crippen molar-refractivity contribution >= 4 is 5.91 Å². The Hall–Kier alpha value is -0.610. The van der Waals surface area contributed by atoms with Crippen LogP contribution in [0.3, 0.4) is 0 Å². The van der Waals surface area contributed by atoms with Crippen molar-refractivity contribution in [2.45, 2.75) is 25.3 Å². The molecule has 2 rings (SSSR count). The lowest BCUT2D eigenvalue weighted by molar-refractivity contribution is -0.136. The number of hydrogen-bond acceptors (Lipinski definition) is 3. The van der Waals surface area contributed by atoms with Gasteiger partial charge in [0.2, 0.25) is 5.91 Å². The van der Waals surface area contributed by atoms with Crippen molar-refractivity contribution in [1.29, 1.82) is 0 Å². The fraction of sp³-hybridized carbons (Fsp3) is 0.917. The average molecular weight is 226 g/mol. The molecule has 2 saturated carbocycles. The van der Waals surface area contributed by atoms with E-state index in [4.69, 9.17) is 10.5 Å². The number of hydrogen-bond donors (Lipinski definition) is 1. The molecule has 2 aliphatic carbocycles. The number of methoxy groups -OCH3 is 1. The van der Waals surface area contributed by atoms with Crippen molar-refractivity contribution in [3.05, 3.63) is 0 Å². The maximum atomic E-state index is 12.2. The van der Waals surface area contributed by atoms with Gasteiger partial charge in [0, 0.05) is 26.7 Å². The minimum atomic E-state index is 0.0700. The Morgan fingerprint density at radius 3 is 2.69 bits per heavy atom. The monoisotopic (exact) mass is 226 g/mol. The van der Waals surface area contributed by atoms with Crippen LogP contribution >= 0.6 is 0 Å². The van der Waals surface area contributed by atoms with Gasteiger partial charge in [0.15, 0.2) is 0 Å². The fourth-order valence-electron chi connectivity index (χ4n) is 3.30. The van der Waals surface area contributed by atoms with Gasteiger partial charge in [0.05, 0.1) is 12.5 Å². The molecule has 0 radical (unpaired) electrons. The molecule has 4 unspecified atom stereocenters. The highest BCUT2D eigenvalue weighted by Gasteiger charge is 2.49. The van der Waals surface area contributed by atoms with Crippen molar-refractivity contribution in [3.8, 4) is 0 Å². The predicted molar refractivity (Wildman–Crippen MR) is 61.8 cm³/mol. The topological polar surface area (TPSA) is 55.6 Å². The summed E-state index contributed by atoms with van der Waals surface area (Å²) >= 11 is 0. The summed E-state index contributed by atoms with van der Waals surface area (Å²) in [5, 5.41) is 0. The van der Waals surface area contributed by atoms with E-state index in [9.17, 15) is 4.79 Å². The first-order valence-corrected chi connectivity index (χ1v) is 6.14. The van der Waals surface area contributed by atoms with E-state index in [1.54, 1.807) is 12.0 Å². The molecule has 2 N–H and O–H groups in total. The lowest BCUT2D eigenvalue weighted by Gasteiger charge is -2.30. The molecule has 4 atom stereocenters. The van der Waals surface area contributed by atoms with E-state index >= 15 is 0 Å². The van der Waals surface area contributed by atoms with Crippen LogP contribution in [0.2, 0.25) is 0 Å². The molecule has 0 aromatic heterocycles. The van der Waals surface area contributed by atoms with Gasteiger partial charge in [0.25, 0.3) is 0 Å². The number of carbonyl (C=O) groups is 1. The minimum absolute atomic E-state index is 0.0700. The normalized spacial score (nSPS) is 36.7. The number of ether oxygens (including phenoxy) is 1. The van der Waals surface area contributed by atoms with Gasteiger partial charge < -0.3 is 15.4 Å². The minimum Gasteiger partial charge on any atom is -0.383 e. The molecule has 0 spiro atoms. The van der Waals surface area contributed by atoms with E-state index < -0.39 is 0 Å². The molecule has 0 aliphatic heterocycles. The molecule has 4 heteroatoms. The highest BCUT2D eigenvalue weighted by molar-refractivity contribution is 5.80. The van der Waals surface area contributed by atoms with Crippen molar-refractivity contribution in [2.24, 2.45) is 23.5 Å². The summed E-state index contributed by atoms with van der Waals surface area (Å²) in [6.07, 6.45) is 3.57. The third kappa shape index (κ3) is 1.96. The number of rotatable bonds is 4. The average Bonchev–Trinajstić information content (AvgIpc) is 2.85. The Bertz CT molecular complexity index is 268. The van der Waals surface area contributed by atoms with Gasteiger partial charge in [0.1, 0.15) is 0 Å². The maximum Gasteiger partial charge on any atom is 0.227 e. The smallest absolute Gasteiger partial charge is 0.227 e. The molecule has 2 aliphatic rings. The number of fused-ring (bicyclic) bond motifs is 2. The van der Waals surface area contributed by atoms with E-state index in [0.29, 0.717) is 25.0 Å². The molecule has 0 aromatic rings. The Morgan fingerprint density at radius 1 is 1.44 bits per heavy atom. The van der Waals surface area contributed by atoms with E-state index in [2.05, 4.69) is 0 Å². The first kappa shape index (κ1) is 11.9. The molecule has 0 saturated heterocycles. The molecule has 2 fully saturated rings. The molecule has 2 bridgehead atoms. The van der Waals surface area contributed by atoms with Crippen molar-refractivity contribution in [2.75, 3.05) is 27.3 Å². The highest BCUT2D eigenvalue weighted by Crippen LogP contribution is 2.48. The predicted octanol–water partition coefficient (Wildman–Crippen LogP) is 0.465. The second-order valence-electron chi connectivity index (χ2n) is 5.19. The lowest BCUT2D eigenvalue weighted by Crippen LogP contribution is -2.46. The summed E-state index contributed by atoms with van der Waals surface area (Å²) in [6.45, 7) is 1.26. The summed E-state index contributed by atoms with van der Waals surface area (Å²) in [7, 11) is 3.50. The number of amides is 1. The van der Waals surface area contributed by atoms with Gasteiger partial charge in [-0.1, -0.05) is 0 Å². The molecule has 0 aromatic carbocycles. The van der Waals surface area contributed by atoms with E-state index in [-0.39, 0.29) is 17.9 Å². The number of carbonyl (C=O) groups excluding carboxylic acids is 1. The second kappa shape index (κ2) is 4.72. The zero-order valence-electron chi connectivity index (χ0n) is 10.2. The molecule has 1 amide bonds. The van der Waals surface area contributed by atoms with Crippen LogP contribution < -0.4 is 5.73 Å². The maximum absolute atomic E-state index is 12.2. The lowest BCUT2D eigenvalue weighted by atomic mass is 9.84. The summed E-state index contributed by atoms with van der Waals surface area (Å²) in [5.74, 6) is 1.42. The Kier molecular flexibility index (Phi) is 3.50. The van der Waals surface area contributed by atoms with Crippen LogP contribution in [0.4, 0.5) is 0 Å². The second-order valence-corrected chi connectivity index (χ2v) is 5.19. The van der Waals surface area contributed by atoms with Crippen molar-refractivity contribution in [1.82, 2.24) is 4.90 Å². The Labute approximate surface area is 97.1 Å². The number of likely N-dealkylation sites (N-methyl/N-ethyl adjacent to an activating group) is 1. The standard InChI is InChI=1S/C12H22N2O2/c1-14(5-6-16-2)12(15)10-8-3-4-9(7-8)11(10)13/h8-11H,3-7,13H2,1-2H3. The third-order valence-electron chi connectivity index (χ3n) is 4.27. The van der Waals surface area contributed by atoms with Gasteiger partial charge in [-0.05, 0) is 31.1 Å². The quantitative estimate of drug-likeness (QED) is 0.758. The summed E-state index contributed by atoms with van der Waals surface area (Å²) in [6, 6.07) is 0.0937. The molecule has 16 heavy (non-hydrogen) atoms. The van der Waals surface area contributed by atoms with Crippen molar-refractivity contribution < 1.29 is 9.53 Å². The molecule has 92 valence electrons. The Morgan fingerprint density at radius 2 is 2.12 bits per heavy atom. The number of nitrogens with two attached hydrogens (primary N) is 1. The van der Waals surface area contributed by atoms with Crippen LogP contribution in [0.5, 0.6) is 0 Å². The van der Waals surface area contributed by atoms with Gasteiger partial charge >= 0.3 is 0 Å². The molecular formula is C12H22N2O2. The van der Waals surface area contributed by atoms with E-state index in [1.165, 1.54) is 12.8 Å². The van der Waals surface area contributed by atoms with Crippen LogP contribution in [0, 0.1) is 17.8 Å². The Balaban J connectivity index is 1.94. The first-order valence-electron chi connectivity index (χ1n) is 6.14. The molecular weight excluding hydrogens is 204 g/mol.